The van der Waals surface area contributed by atoms with Crippen LogP contribution in [-0.4, -0.2) is 22.2 Å². The van der Waals surface area contributed by atoms with E-state index in [-0.39, 0.29) is 24.7 Å². The van der Waals surface area contributed by atoms with Crippen molar-refractivity contribution >= 4 is 29.3 Å². The molecule has 3 N–H and O–H groups in total. The standard InChI is InChI=1S/C13H16N2O3.ClH/c1-3-18-13(17)9-7-15(2)10-4-5-11(16)8(6-14)12(9)10;/h4-5,7,16H,3,6,14H2,1-2H3;1H. The summed E-state index contributed by atoms with van der Waals surface area (Å²) < 4.78 is 6.83. The number of aromatic hydroxyl groups is 1. The Balaban J connectivity index is 0.00000180. The van der Waals surface area contributed by atoms with E-state index in [0.717, 1.165) is 5.52 Å². The predicted molar refractivity (Wildman–Crippen MR) is 75.7 cm³/mol. The number of hydrogen-bond acceptors (Lipinski definition) is 4. The summed E-state index contributed by atoms with van der Waals surface area (Å²) in [5.74, 6) is -0.301. The average Bonchev–Trinajstić information content (AvgIpc) is 2.67. The molecule has 0 aliphatic carbocycles. The molecule has 1 aromatic heterocycles. The molecule has 19 heavy (non-hydrogen) atoms. The second-order valence-corrected chi connectivity index (χ2v) is 4.04. The van der Waals surface area contributed by atoms with E-state index in [1.165, 1.54) is 0 Å². The number of nitrogens with zero attached hydrogens (tertiary/aromatic N) is 1. The molecule has 0 amide bonds. The Hall–Kier alpha value is -1.72. The number of nitrogens with two attached hydrogens (primary N) is 1. The van der Waals surface area contributed by atoms with Gasteiger partial charge in [0.2, 0.25) is 0 Å². The molecule has 5 nitrogen and oxygen atoms in total. The minimum absolute atomic E-state index is 0. The summed E-state index contributed by atoms with van der Waals surface area (Å²) in [7, 11) is 1.84. The van der Waals surface area contributed by atoms with Crippen LogP contribution in [0.4, 0.5) is 0 Å². The van der Waals surface area contributed by atoms with Gasteiger partial charge in [-0.1, -0.05) is 0 Å². The van der Waals surface area contributed by atoms with Crippen LogP contribution in [0.25, 0.3) is 10.9 Å². The summed E-state index contributed by atoms with van der Waals surface area (Å²) in [5.41, 5.74) is 7.49. The highest BCUT2D eigenvalue weighted by atomic mass is 35.5. The molecule has 0 fully saturated rings. The summed E-state index contributed by atoms with van der Waals surface area (Å²) in [6.07, 6.45) is 1.70. The summed E-state index contributed by atoms with van der Waals surface area (Å²) in [4.78, 5) is 11.9. The number of carbonyl (C=O) groups excluding carboxylic acids is 1. The molecule has 0 radical (unpaired) electrons. The van der Waals surface area contributed by atoms with Crippen LogP contribution >= 0.6 is 12.4 Å². The maximum absolute atomic E-state index is 11.9. The van der Waals surface area contributed by atoms with E-state index < -0.39 is 5.97 Å². The third-order valence-corrected chi connectivity index (χ3v) is 2.94. The van der Waals surface area contributed by atoms with Crippen molar-refractivity contribution in [3.63, 3.8) is 0 Å². The van der Waals surface area contributed by atoms with Gasteiger partial charge >= 0.3 is 5.97 Å². The summed E-state index contributed by atoms with van der Waals surface area (Å²) in [6.45, 7) is 2.23. The van der Waals surface area contributed by atoms with E-state index in [9.17, 15) is 9.90 Å². The molecule has 2 rings (SSSR count). The van der Waals surface area contributed by atoms with Gasteiger partial charge in [0.1, 0.15) is 5.75 Å². The second-order valence-electron chi connectivity index (χ2n) is 4.04. The minimum atomic E-state index is -0.400. The van der Waals surface area contributed by atoms with Crippen LogP contribution in [0.15, 0.2) is 18.3 Å². The summed E-state index contributed by atoms with van der Waals surface area (Å²) in [5, 5.41) is 10.5. The summed E-state index contributed by atoms with van der Waals surface area (Å²) in [6, 6.07) is 3.34. The highest BCUT2D eigenvalue weighted by Gasteiger charge is 2.19. The molecule has 1 heterocycles. The molecule has 0 atom stereocenters. The van der Waals surface area contributed by atoms with Crippen molar-refractivity contribution < 1.29 is 14.6 Å². The van der Waals surface area contributed by atoms with Gasteiger partial charge in [-0.25, -0.2) is 4.79 Å². The Morgan fingerprint density at radius 1 is 1.47 bits per heavy atom. The number of carbonyl (C=O) groups is 1. The van der Waals surface area contributed by atoms with Crippen LogP contribution < -0.4 is 5.73 Å². The van der Waals surface area contributed by atoms with Crippen molar-refractivity contribution in [1.82, 2.24) is 4.57 Å². The van der Waals surface area contributed by atoms with E-state index in [1.807, 2.05) is 11.6 Å². The molecule has 0 saturated heterocycles. The first-order chi connectivity index (χ1) is 8.60. The highest BCUT2D eigenvalue weighted by Crippen LogP contribution is 2.31. The van der Waals surface area contributed by atoms with Crippen molar-refractivity contribution in [3.8, 4) is 5.75 Å². The minimum Gasteiger partial charge on any atom is -0.508 e. The van der Waals surface area contributed by atoms with Crippen LogP contribution in [0.2, 0.25) is 0 Å². The summed E-state index contributed by atoms with van der Waals surface area (Å²) >= 11 is 0. The number of aryl methyl sites for hydroxylation is 1. The molecule has 0 saturated carbocycles. The fourth-order valence-corrected chi connectivity index (χ4v) is 2.12. The van der Waals surface area contributed by atoms with Crippen LogP contribution in [-0.2, 0) is 18.3 Å². The molecule has 0 aliphatic rings. The molecular weight excluding hydrogens is 268 g/mol. The number of phenolic OH excluding ortho intramolecular Hbond substituents is 1. The Bertz CT molecular complexity index is 607. The Labute approximate surface area is 117 Å². The monoisotopic (exact) mass is 284 g/mol. The van der Waals surface area contributed by atoms with Crippen LogP contribution in [0.3, 0.4) is 0 Å². The molecule has 104 valence electrons. The molecular formula is C13H17ClN2O3. The first-order valence-electron chi connectivity index (χ1n) is 5.77. The van der Waals surface area contributed by atoms with E-state index in [4.69, 9.17) is 10.5 Å². The largest absolute Gasteiger partial charge is 0.508 e. The van der Waals surface area contributed by atoms with Gasteiger partial charge in [0, 0.05) is 36.3 Å². The molecule has 6 heteroatoms. The maximum atomic E-state index is 11.9. The highest BCUT2D eigenvalue weighted by molar-refractivity contribution is 6.06. The number of rotatable bonds is 3. The number of aromatic nitrogens is 1. The first kappa shape index (κ1) is 15.3. The van der Waals surface area contributed by atoms with Crippen molar-refractivity contribution in [2.75, 3.05) is 6.61 Å². The maximum Gasteiger partial charge on any atom is 0.340 e. The van der Waals surface area contributed by atoms with Gasteiger partial charge in [-0.15, -0.1) is 12.4 Å². The average molecular weight is 285 g/mol. The Kier molecular flexibility index (Phi) is 4.80. The quantitative estimate of drug-likeness (QED) is 0.845. The Morgan fingerprint density at radius 3 is 2.74 bits per heavy atom. The van der Waals surface area contributed by atoms with Gasteiger partial charge in [0.15, 0.2) is 0 Å². The first-order valence-corrected chi connectivity index (χ1v) is 5.77. The number of hydrogen-bond donors (Lipinski definition) is 2. The zero-order valence-electron chi connectivity index (χ0n) is 10.8. The molecule has 0 aliphatic heterocycles. The van der Waals surface area contributed by atoms with Crippen LogP contribution in [0.5, 0.6) is 5.75 Å². The van der Waals surface area contributed by atoms with Gasteiger partial charge in [-0.2, -0.15) is 0 Å². The van der Waals surface area contributed by atoms with E-state index >= 15 is 0 Å². The van der Waals surface area contributed by atoms with Crippen molar-refractivity contribution in [1.29, 1.82) is 0 Å². The van der Waals surface area contributed by atoms with E-state index in [1.54, 1.807) is 25.3 Å². The second kappa shape index (κ2) is 5.95. The number of halogens is 1. The predicted octanol–water partition coefficient (Wildman–Crippen LogP) is 1.94. The third kappa shape index (κ3) is 2.52. The fourth-order valence-electron chi connectivity index (χ4n) is 2.12. The molecule has 1 aromatic carbocycles. The smallest absolute Gasteiger partial charge is 0.340 e. The fraction of sp³-hybridized carbons (Fsp3) is 0.308. The van der Waals surface area contributed by atoms with Crippen molar-refractivity contribution in [2.24, 2.45) is 12.8 Å². The molecule has 0 unspecified atom stereocenters. The SMILES string of the molecule is CCOC(=O)c1cn(C)c2ccc(O)c(CN)c12.Cl. The number of ether oxygens (including phenoxy) is 1. The van der Waals surface area contributed by atoms with Gasteiger partial charge in [0.05, 0.1) is 12.2 Å². The molecule has 0 bridgehead atoms. The lowest BCUT2D eigenvalue weighted by Gasteiger charge is -2.06. The zero-order chi connectivity index (χ0) is 13.3. The molecule has 0 spiro atoms. The van der Waals surface area contributed by atoms with E-state index in [2.05, 4.69) is 0 Å². The zero-order valence-corrected chi connectivity index (χ0v) is 11.7. The number of phenols is 1. The van der Waals surface area contributed by atoms with Crippen LogP contribution in [0, 0.1) is 0 Å². The third-order valence-electron chi connectivity index (χ3n) is 2.94. The lowest BCUT2D eigenvalue weighted by atomic mass is 10.1. The topological polar surface area (TPSA) is 77.5 Å². The lowest BCUT2D eigenvalue weighted by Crippen LogP contribution is -2.05. The number of esters is 1. The Morgan fingerprint density at radius 2 is 2.16 bits per heavy atom. The number of benzene rings is 1. The normalized spacial score (nSPS) is 10.3. The van der Waals surface area contributed by atoms with Gasteiger partial charge in [-0.05, 0) is 19.1 Å². The van der Waals surface area contributed by atoms with E-state index in [0.29, 0.717) is 23.1 Å². The van der Waals surface area contributed by atoms with Crippen LogP contribution in [0.1, 0.15) is 22.8 Å². The van der Waals surface area contributed by atoms with Gasteiger partial charge < -0.3 is 20.1 Å². The van der Waals surface area contributed by atoms with Gasteiger partial charge in [0.25, 0.3) is 0 Å². The van der Waals surface area contributed by atoms with Gasteiger partial charge in [-0.3, -0.25) is 0 Å². The lowest BCUT2D eigenvalue weighted by molar-refractivity contribution is 0.0528. The number of fused-ring (bicyclic) bond motifs is 1. The van der Waals surface area contributed by atoms with Crippen molar-refractivity contribution in [2.45, 2.75) is 13.5 Å². The molecule has 2 aromatic rings. The van der Waals surface area contributed by atoms with Crippen molar-refractivity contribution in [3.05, 3.63) is 29.5 Å².